The zero-order valence-electron chi connectivity index (χ0n) is 11.9. The summed E-state index contributed by atoms with van der Waals surface area (Å²) in [7, 11) is 0. The van der Waals surface area contributed by atoms with Gasteiger partial charge < -0.3 is 11.1 Å². The molecule has 0 aliphatic carbocycles. The van der Waals surface area contributed by atoms with Gasteiger partial charge in [0.1, 0.15) is 5.82 Å². The summed E-state index contributed by atoms with van der Waals surface area (Å²) in [6.45, 7) is 2.51. The Bertz CT molecular complexity index is 592. The van der Waals surface area contributed by atoms with Crippen molar-refractivity contribution in [3.05, 3.63) is 46.6 Å². The predicted octanol–water partition coefficient (Wildman–Crippen LogP) is 2.76. The SMILES string of the molecule is CC(N)CCC(=O)Nc1ccnn1Cc1ccc(Br)cc1. The highest BCUT2D eigenvalue weighted by molar-refractivity contribution is 9.10. The number of hydrogen-bond acceptors (Lipinski definition) is 3. The maximum atomic E-state index is 11.9. The van der Waals surface area contributed by atoms with Crippen LogP contribution in [0.15, 0.2) is 41.0 Å². The molecular formula is C15H19BrN4O. The first-order valence-corrected chi connectivity index (χ1v) is 7.65. The van der Waals surface area contributed by atoms with E-state index in [-0.39, 0.29) is 11.9 Å². The number of amides is 1. The zero-order valence-corrected chi connectivity index (χ0v) is 13.5. The number of benzene rings is 1. The van der Waals surface area contributed by atoms with Gasteiger partial charge in [-0.15, -0.1) is 0 Å². The number of carbonyl (C=O) groups is 1. The van der Waals surface area contributed by atoms with Crippen LogP contribution in [0.1, 0.15) is 25.3 Å². The van der Waals surface area contributed by atoms with Crippen molar-refractivity contribution >= 4 is 27.7 Å². The summed E-state index contributed by atoms with van der Waals surface area (Å²) < 4.78 is 2.81. The van der Waals surface area contributed by atoms with E-state index in [1.165, 1.54) is 0 Å². The fourth-order valence-electron chi connectivity index (χ4n) is 1.89. The van der Waals surface area contributed by atoms with Crippen molar-refractivity contribution in [2.75, 3.05) is 5.32 Å². The molecule has 0 bridgehead atoms. The summed E-state index contributed by atoms with van der Waals surface area (Å²) in [5, 5.41) is 7.12. The Hall–Kier alpha value is -1.66. The summed E-state index contributed by atoms with van der Waals surface area (Å²) in [4.78, 5) is 11.9. The van der Waals surface area contributed by atoms with Gasteiger partial charge in [-0.1, -0.05) is 28.1 Å². The molecule has 0 fully saturated rings. The predicted molar refractivity (Wildman–Crippen MR) is 87.0 cm³/mol. The van der Waals surface area contributed by atoms with Gasteiger partial charge in [0.2, 0.25) is 5.91 Å². The first-order chi connectivity index (χ1) is 10.0. The minimum absolute atomic E-state index is 0.0310. The third-order valence-electron chi connectivity index (χ3n) is 3.06. The monoisotopic (exact) mass is 350 g/mol. The van der Waals surface area contributed by atoms with Crippen LogP contribution in [0, 0.1) is 0 Å². The molecule has 1 amide bonds. The minimum Gasteiger partial charge on any atom is -0.328 e. The highest BCUT2D eigenvalue weighted by atomic mass is 79.9. The summed E-state index contributed by atoms with van der Waals surface area (Å²) in [6.07, 6.45) is 2.77. The number of anilines is 1. The Morgan fingerprint density at radius 2 is 2.10 bits per heavy atom. The number of aromatic nitrogens is 2. The van der Waals surface area contributed by atoms with Gasteiger partial charge in [-0.25, -0.2) is 4.68 Å². The molecule has 0 spiro atoms. The quantitative estimate of drug-likeness (QED) is 0.841. The average Bonchev–Trinajstić information content (AvgIpc) is 2.86. The summed E-state index contributed by atoms with van der Waals surface area (Å²) in [5.74, 6) is 0.664. The number of hydrogen-bond donors (Lipinski definition) is 2. The van der Waals surface area contributed by atoms with Gasteiger partial charge >= 0.3 is 0 Å². The maximum absolute atomic E-state index is 11.9. The number of halogens is 1. The van der Waals surface area contributed by atoms with Crippen molar-refractivity contribution < 1.29 is 4.79 Å². The lowest BCUT2D eigenvalue weighted by molar-refractivity contribution is -0.116. The highest BCUT2D eigenvalue weighted by Gasteiger charge is 2.08. The Morgan fingerprint density at radius 1 is 1.38 bits per heavy atom. The Balaban J connectivity index is 1.98. The number of carbonyl (C=O) groups excluding carboxylic acids is 1. The van der Waals surface area contributed by atoms with Crippen LogP contribution in [0.3, 0.4) is 0 Å². The van der Waals surface area contributed by atoms with Gasteiger partial charge in [-0.2, -0.15) is 5.10 Å². The third-order valence-corrected chi connectivity index (χ3v) is 3.59. The number of rotatable bonds is 6. The van der Waals surface area contributed by atoms with Crippen molar-refractivity contribution in [3.8, 4) is 0 Å². The molecule has 112 valence electrons. The van der Waals surface area contributed by atoms with Crippen molar-refractivity contribution in [3.63, 3.8) is 0 Å². The second kappa shape index (κ2) is 7.38. The fourth-order valence-corrected chi connectivity index (χ4v) is 2.16. The molecule has 0 aliphatic heterocycles. The molecular weight excluding hydrogens is 332 g/mol. The molecule has 1 heterocycles. The summed E-state index contributed by atoms with van der Waals surface area (Å²) in [5.41, 5.74) is 6.78. The van der Waals surface area contributed by atoms with E-state index in [0.29, 0.717) is 25.2 Å². The molecule has 1 aromatic heterocycles. The van der Waals surface area contributed by atoms with E-state index < -0.39 is 0 Å². The van der Waals surface area contributed by atoms with E-state index in [1.54, 1.807) is 16.9 Å². The van der Waals surface area contributed by atoms with Gasteiger partial charge in [0.05, 0.1) is 12.7 Å². The molecule has 3 N–H and O–H groups in total. The largest absolute Gasteiger partial charge is 0.328 e. The van der Waals surface area contributed by atoms with Gasteiger partial charge in [-0.05, 0) is 31.0 Å². The zero-order chi connectivity index (χ0) is 15.2. The molecule has 1 unspecified atom stereocenters. The van der Waals surface area contributed by atoms with Crippen LogP contribution in [-0.4, -0.2) is 21.7 Å². The van der Waals surface area contributed by atoms with Crippen LogP contribution >= 0.6 is 15.9 Å². The van der Waals surface area contributed by atoms with Crippen LogP contribution < -0.4 is 11.1 Å². The summed E-state index contributed by atoms with van der Waals surface area (Å²) >= 11 is 3.41. The number of nitrogens with one attached hydrogen (secondary N) is 1. The molecule has 0 saturated heterocycles. The minimum atomic E-state index is -0.0372. The first-order valence-electron chi connectivity index (χ1n) is 6.86. The van der Waals surface area contributed by atoms with Gasteiger partial charge in [0.25, 0.3) is 0 Å². The Morgan fingerprint density at radius 3 is 2.76 bits per heavy atom. The second-order valence-corrected chi connectivity index (χ2v) is 5.98. The standard InChI is InChI=1S/C15H19BrN4O/c1-11(17)2-7-15(21)19-14-8-9-18-20(14)10-12-3-5-13(16)6-4-12/h3-6,8-9,11H,2,7,10,17H2,1H3,(H,19,21). The topological polar surface area (TPSA) is 72.9 Å². The van der Waals surface area contributed by atoms with E-state index in [4.69, 9.17) is 5.73 Å². The molecule has 5 nitrogen and oxygen atoms in total. The molecule has 2 rings (SSSR count). The Kier molecular flexibility index (Phi) is 5.52. The molecule has 6 heteroatoms. The molecule has 0 saturated carbocycles. The molecule has 2 aromatic rings. The molecule has 21 heavy (non-hydrogen) atoms. The van der Waals surface area contributed by atoms with E-state index >= 15 is 0 Å². The molecule has 1 atom stereocenters. The third kappa shape index (κ3) is 4.99. The fraction of sp³-hybridized carbons (Fsp3) is 0.333. The highest BCUT2D eigenvalue weighted by Crippen LogP contribution is 2.14. The molecule has 0 radical (unpaired) electrons. The van der Waals surface area contributed by atoms with Crippen LogP contribution in [0.4, 0.5) is 5.82 Å². The van der Waals surface area contributed by atoms with Crippen LogP contribution in [0.2, 0.25) is 0 Å². The number of nitrogens with zero attached hydrogens (tertiary/aromatic N) is 2. The Labute approximate surface area is 132 Å². The van der Waals surface area contributed by atoms with Crippen molar-refractivity contribution in [2.45, 2.75) is 32.4 Å². The van der Waals surface area contributed by atoms with Crippen molar-refractivity contribution in [2.24, 2.45) is 5.73 Å². The van der Waals surface area contributed by atoms with E-state index in [0.717, 1.165) is 10.0 Å². The molecule has 1 aromatic carbocycles. The van der Waals surface area contributed by atoms with Gasteiger partial charge in [-0.3, -0.25) is 4.79 Å². The van der Waals surface area contributed by atoms with Crippen LogP contribution in [-0.2, 0) is 11.3 Å². The lowest BCUT2D eigenvalue weighted by Gasteiger charge is -2.10. The maximum Gasteiger partial charge on any atom is 0.225 e. The van der Waals surface area contributed by atoms with Gasteiger partial charge in [0.15, 0.2) is 0 Å². The van der Waals surface area contributed by atoms with E-state index in [9.17, 15) is 4.79 Å². The lowest BCUT2D eigenvalue weighted by Crippen LogP contribution is -2.20. The average molecular weight is 351 g/mol. The van der Waals surface area contributed by atoms with Crippen LogP contribution in [0.25, 0.3) is 0 Å². The van der Waals surface area contributed by atoms with Gasteiger partial charge in [0, 0.05) is 23.0 Å². The van der Waals surface area contributed by atoms with Crippen molar-refractivity contribution in [1.82, 2.24) is 9.78 Å². The van der Waals surface area contributed by atoms with Crippen molar-refractivity contribution in [1.29, 1.82) is 0 Å². The second-order valence-electron chi connectivity index (χ2n) is 5.06. The van der Waals surface area contributed by atoms with Crippen LogP contribution in [0.5, 0.6) is 0 Å². The van der Waals surface area contributed by atoms with E-state index in [1.807, 2.05) is 31.2 Å². The number of nitrogens with two attached hydrogens (primary N) is 1. The lowest BCUT2D eigenvalue weighted by atomic mass is 10.2. The summed E-state index contributed by atoms with van der Waals surface area (Å²) in [6, 6.07) is 9.84. The normalized spacial score (nSPS) is 12.1. The smallest absolute Gasteiger partial charge is 0.225 e. The van der Waals surface area contributed by atoms with E-state index in [2.05, 4.69) is 26.3 Å². The molecule has 0 aliphatic rings. The first kappa shape index (κ1) is 15.7.